The number of rotatable bonds is 5. The Bertz CT molecular complexity index is 1290. The molecule has 4 aromatic rings. The van der Waals surface area contributed by atoms with Gasteiger partial charge < -0.3 is 11.1 Å². The number of nitrogens with one attached hydrogen (secondary N) is 1. The Labute approximate surface area is 181 Å². The van der Waals surface area contributed by atoms with Gasteiger partial charge in [-0.15, -0.1) is 0 Å². The van der Waals surface area contributed by atoms with Gasteiger partial charge in [0.25, 0.3) is 5.91 Å². The second-order valence-corrected chi connectivity index (χ2v) is 7.41. The van der Waals surface area contributed by atoms with Crippen LogP contribution < -0.4 is 11.1 Å². The molecule has 3 N–H and O–H groups in total. The SMILES string of the molecule is CCCc1cc(N)c2cc(NC(=O)c3ccc(-c4ccc(C#N)cc4)cc3)ccc2n1. The maximum absolute atomic E-state index is 12.7. The van der Waals surface area contributed by atoms with E-state index in [1.165, 1.54) is 0 Å². The van der Waals surface area contributed by atoms with Gasteiger partial charge in [0.05, 0.1) is 17.1 Å². The molecular weight excluding hydrogens is 384 g/mol. The molecule has 0 spiro atoms. The fraction of sp³-hybridized carbons (Fsp3) is 0.115. The molecule has 0 aliphatic heterocycles. The number of nitrogens with zero attached hydrogens (tertiary/aromatic N) is 2. The number of carbonyl (C=O) groups excluding carboxylic acids is 1. The van der Waals surface area contributed by atoms with E-state index in [2.05, 4.69) is 23.3 Å². The summed E-state index contributed by atoms with van der Waals surface area (Å²) < 4.78 is 0. The van der Waals surface area contributed by atoms with Crippen LogP contribution in [0, 0.1) is 11.3 Å². The second-order valence-electron chi connectivity index (χ2n) is 7.41. The molecule has 0 fully saturated rings. The molecule has 0 saturated carbocycles. The lowest BCUT2D eigenvalue weighted by atomic mass is 10.0. The Morgan fingerprint density at radius 1 is 1.00 bits per heavy atom. The number of aryl methyl sites for hydroxylation is 1. The summed E-state index contributed by atoms with van der Waals surface area (Å²) in [5, 5.41) is 12.7. The lowest BCUT2D eigenvalue weighted by molar-refractivity contribution is 0.102. The van der Waals surface area contributed by atoms with Crippen molar-refractivity contribution in [2.24, 2.45) is 0 Å². The summed E-state index contributed by atoms with van der Waals surface area (Å²) >= 11 is 0. The number of pyridine rings is 1. The number of amides is 1. The Hall–Kier alpha value is -4.17. The molecule has 0 atom stereocenters. The van der Waals surface area contributed by atoms with E-state index in [0.29, 0.717) is 22.5 Å². The summed E-state index contributed by atoms with van der Waals surface area (Å²) in [6.45, 7) is 2.11. The van der Waals surface area contributed by atoms with Crippen molar-refractivity contribution in [3.63, 3.8) is 0 Å². The van der Waals surface area contributed by atoms with Crippen molar-refractivity contribution in [1.29, 1.82) is 5.26 Å². The van der Waals surface area contributed by atoms with Gasteiger partial charge in [-0.1, -0.05) is 37.6 Å². The van der Waals surface area contributed by atoms with Crippen molar-refractivity contribution in [3.05, 3.63) is 89.6 Å². The smallest absolute Gasteiger partial charge is 0.255 e. The van der Waals surface area contributed by atoms with Gasteiger partial charge in [-0.2, -0.15) is 5.26 Å². The zero-order valence-corrected chi connectivity index (χ0v) is 17.2. The van der Waals surface area contributed by atoms with E-state index in [9.17, 15) is 4.79 Å². The van der Waals surface area contributed by atoms with Crippen LogP contribution in [0.25, 0.3) is 22.0 Å². The summed E-state index contributed by atoms with van der Waals surface area (Å²) in [5.74, 6) is -0.195. The normalized spacial score (nSPS) is 10.6. The monoisotopic (exact) mass is 406 g/mol. The number of hydrogen-bond acceptors (Lipinski definition) is 4. The van der Waals surface area contributed by atoms with Crippen LogP contribution >= 0.6 is 0 Å². The molecular formula is C26H22N4O. The molecule has 0 saturated heterocycles. The summed E-state index contributed by atoms with van der Waals surface area (Å²) in [4.78, 5) is 17.4. The topological polar surface area (TPSA) is 91.8 Å². The van der Waals surface area contributed by atoms with Crippen LogP contribution in [0.4, 0.5) is 11.4 Å². The van der Waals surface area contributed by atoms with Crippen LogP contribution in [0.3, 0.4) is 0 Å². The fourth-order valence-electron chi connectivity index (χ4n) is 3.53. The van der Waals surface area contributed by atoms with Gasteiger partial charge in [-0.25, -0.2) is 0 Å². The minimum absolute atomic E-state index is 0.195. The van der Waals surface area contributed by atoms with E-state index in [1.54, 1.807) is 24.3 Å². The molecule has 152 valence electrons. The molecule has 0 unspecified atom stereocenters. The predicted molar refractivity (Wildman–Crippen MR) is 125 cm³/mol. The third kappa shape index (κ3) is 4.39. The highest BCUT2D eigenvalue weighted by molar-refractivity contribution is 6.06. The first kappa shape index (κ1) is 20.1. The summed E-state index contributed by atoms with van der Waals surface area (Å²) in [6, 6.07) is 24.3. The molecule has 0 radical (unpaired) electrons. The van der Waals surface area contributed by atoms with Crippen LogP contribution in [-0.2, 0) is 6.42 Å². The van der Waals surface area contributed by atoms with Crippen molar-refractivity contribution in [3.8, 4) is 17.2 Å². The zero-order valence-electron chi connectivity index (χ0n) is 17.2. The van der Waals surface area contributed by atoms with Crippen LogP contribution in [-0.4, -0.2) is 10.9 Å². The van der Waals surface area contributed by atoms with Crippen molar-refractivity contribution in [1.82, 2.24) is 4.98 Å². The Balaban J connectivity index is 1.52. The third-order valence-electron chi connectivity index (χ3n) is 5.15. The van der Waals surface area contributed by atoms with Gasteiger partial charge in [0.15, 0.2) is 0 Å². The highest BCUT2D eigenvalue weighted by Gasteiger charge is 2.09. The maximum Gasteiger partial charge on any atom is 0.255 e. The number of nitriles is 1. The lowest BCUT2D eigenvalue weighted by Crippen LogP contribution is -2.11. The average molecular weight is 406 g/mol. The number of hydrogen-bond donors (Lipinski definition) is 2. The van der Waals surface area contributed by atoms with E-state index in [0.717, 1.165) is 40.6 Å². The molecule has 0 aliphatic rings. The Kier molecular flexibility index (Phi) is 5.63. The largest absolute Gasteiger partial charge is 0.398 e. The molecule has 0 bridgehead atoms. The standard InChI is InChI=1S/C26H22N4O/c1-2-3-21-15-24(28)23-14-22(12-13-25(23)29-21)30-26(31)20-10-8-19(9-11-20)18-6-4-17(16-27)5-7-18/h4-15H,2-3H2,1H3,(H2,28,29)(H,30,31). The van der Waals surface area contributed by atoms with Crippen LogP contribution in [0.1, 0.15) is 35.0 Å². The highest BCUT2D eigenvalue weighted by Crippen LogP contribution is 2.25. The van der Waals surface area contributed by atoms with Crippen molar-refractivity contribution >= 4 is 28.2 Å². The number of nitrogens with two attached hydrogens (primary N) is 1. The third-order valence-corrected chi connectivity index (χ3v) is 5.15. The van der Waals surface area contributed by atoms with E-state index < -0.39 is 0 Å². The van der Waals surface area contributed by atoms with Gasteiger partial charge in [0.2, 0.25) is 0 Å². The quantitative estimate of drug-likeness (QED) is 0.454. The molecule has 4 rings (SSSR count). The first-order valence-electron chi connectivity index (χ1n) is 10.2. The van der Waals surface area contributed by atoms with E-state index in [1.807, 2.05) is 48.5 Å². The maximum atomic E-state index is 12.7. The first-order chi connectivity index (χ1) is 15.1. The van der Waals surface area contributed by atoms with Gasteiger partial charge in [-0.3, -0.25) is 9.78 Å². The molecule has 1 heterocycles. The van der Waals surface area contributed by atoms with Gasteiger partial charge in [0.1, 0.15) is 0 Å². The molecule has 1 amide bonds. The molecule has 5 heteroatoms. The zero-order chi connectivity index (χ0) is 21.8. The fourth-order valence-corrected chi connectivity index (χ4v) is 3.53. The van der Waals surface area contributed by atoms with Crippen molar-refractivity contribution < 1.29 is 4.79 Å². The van der Waals surface area contributed by atoms with Gasteiger partial charge in [0, 0.05) is 28.0 Å². The lowest BCUT2D eigenvalue weighted by Gasteiger charge is -2.10. The van der Waals surface area contributed by atoms with Crippen LogP contribution in [0.5, 0.6) is 0 Å². The van der Waals surface area contributed by atoms with Crippen LogP contribution in [0.15, 0.2) is 72.8 Å². The predicted octanol–water partition coefficient (Wildman–Crippen LogP) is 5.56. The first-order valence-corrected chi connectivity index (χ1v) is 10.2. The summed E-state index contributed by atoms with van der Waals surface area (Å²) in [7, 11) is 0. The van der Waals surface area contributed by atoms with Crippen molar-refractivity contribution in [2.45, 2.75) is 19.8 Å². The average Bonchev–Trinajstić information content (AvgIpc) is 2.80. The van der Waals surface area contributed by atoms with E-state index in [4.69, 9.17) is 11.0 Å². The molecule has 5 nitrogen and oxygen atoms in total. The Morgan fingerprint density at radius 2 is 1.68 bits per heavy atom. The molecule has 31 heavy (non-hydrogen) atoms. The Morgan fingerprint density at radius 3 is 2.32 bits per heavy atom. The number of anilines is 2. The van der Waals surface area contributed by atoms with Gasteiger partial charge >= 0.3 is 0 Å². The second kappa shape index (κ2) is 8.68. The number of nitrogen functional groups attached to an aromatic ring is 1. The molecule has 3 aromatic carbocycles. The minimum atomic E-state index is -0.195. The summed E-state index contributed by atoms with van der Waals surface area (Å²) in [6.07, 6.45) is 1.90. The molecule has 1 aromatic heterocycles. The van der Waals surface area contributed by atoms with E-state index >= 15 is 0 Å². The highest BCUT2D eigenvalue weighted by atomic mass is 16.1. The number of aromatic nitrogens is 1. The molecule has 0 aliphatic carbocycles. The van der Waals surface area contributed by atoms with Crippen LogP contribution in [0.2, 0.25) is 0 Å². The van der Waals surface area contributed by atoms with Crippen molar-refractivity contribution in [2.75, 3.05) is 11.1 Å². The number of fused-ring (bicyclic) bond motifs is 1. The number of carbonyl (C=O) groups is 1. The minimum Gasteiger partial charge on any atom is -0.398 e. The summed E-state index contributed by atoms with van der Waals surface area (Å²) in [5.41, 5.74) is 12.5. The van der Waals surface area contributed by atoms with Gasteiger partial charge in [-0.05, 0) is 66.1 Å². The number of benzene rings is 3. The van der Waals surface area contributed by atoms with E-state index in [-0.39, 0.29) is 5.91 Å².